The van der Waals surface area contributed by atoms with Gasteiger partial charge in [0.1, 0.15) is 0 Å². The number of hydrogen-bond donors (Lipinski definition) is 3. The molecule has 1 amide bonds. The molecule has 6 nitrogen and oxygen atoms in total. The lowest BCUT2D eigenvalue weighted by Crippen LogP contribution is -2.55. The molecule has 0 atom stereocenters. The van der Waals surface area contributed by atoms with Crippen molar-refractivity contribution in [3.8, 4) is 0 Å². The number of carbonyl (C=O) groups excluding carboxylic acids is 1. The maximum absolute atomic E-state index is 13.0. The number of primary sulfonamides is 1. The quantitative estimate of drug-likeness (QED) is 0.663. The first-order chi connectivity index (χ1) is 12.7. The molecule has 1 aromatic rings. The topological polar surface area (TPSA) is 101 Å². The van der Waals surface area contributed by atoms with Crippen molar-refractivity contribution < 1.29 is 13.2 Å². The zero-order chi connectivity index (χ0) is 19.2. The van der Waals surface area contributed by atoms with E-state index in [1.807, 2.05) is 0 Å². The normalized spacial score (nSPS) is 31.5. The highest BCUT2D eigenvalue weighted by atomic mass is 32.2. The summed E-state index contributed by atoms with van der Waals surface area (Å²) >= 11 is 5.31. The molecule has 4 N–H and O–H groups in total. The van der Waals surface area contributed by atoms with E-state index in [0.29, 0.717) is 29.4 Å². The Morgan fingerprint density at radius 1 is 1.07 bits per heavy atom. The van der Waals surface area contributed by atoms with Crippen LogP contribution in [0.4, 0.5) is 0 Å². The molecule has 0 radical (unpaired) electrons. The van der Waals surface area contributed by atoms with Crippen LogP contribution < -0.4 is 15.8 Å². The van der Waals surface area contributed by atoms with Gasteiger partial charge in [0.25, 0.3) is 0 Å². The molecule has 0 spiro atoms. The van der Waals surface area contributed by atoms with Crippen molar-refractivity contribution in [1.82, 2.24) is 10.6 Å². The molecule has 4 fully saturated rings. The minimum absolute atomic E-state index is 0.0728. The van der Waals surface area contributed by atoms with Gasteiger partial charge < -0.3 is 10.6 Å². The second-order valence-electron chi connectivity index (χ2n) is 8.52. The van der Waals surface area contributed by atoms with Gasteiger partial charge in [-0.15, -0.1) is 0 Å². The monoisotopic (exact) mass is 407 g/mol. The van der Waals surface area contributed by atoms with Gasteiger partial charge in [-0.25, -0.2) is 13.6 Å². The summed E-state index contributed by atoms with van der Waals surface area (Å²) in [6, 6.07) is 6.28. The largest absolute Gasteiger partial charge is 0.358 e. The van der Waals surface area contributed by atoms with Crippen molar-refractivity contribution in [3.63, 3.8) is 0 Å². The summed E-state index contributed by atoms with van der Waals surface area (Å²) in [4.78, 5) is 13.0. The molecule has 146 valence electrons. The van der Waals surface area contributed by atoms with Gasteiger partial charge in [0, 0.05) is 6.54 Å². The number of carbonyl (C=O) groups is 1. The number of nitrogens with one attached hydrogen (secondary N) is 2. The minimum atomic E-state index is -3.69. The molecule has 4 saturated carbocycles. The SMILES string of the molecule is NS(=O)(=O)c1ccc(CNC(=S)NC(=O)C23CC4CC(CC(C4)C2)C3)cc1. The first-order valence-electron chi connectivity index (χ1n) is 9.44. The third kappa shape index (κ3) is 3.88. The number of amides is 1. The van der Waals surface area contributed by atoms with E-state index in [4.69, 9.17) is 17.4 Å². The second-order valence-corrected chi connectivity index (χ2v) is 10.5. The number of nitrogens with two attached hydrogens (primary N) is 1. The molecule has 0 aliphatic heterocycles. The van der Waals surface area contributed by atoms with E-state index < -0.39 is 10.0 Å². The first kappa shape index (κ1) is 18.8. The Hall–Kier alpha value is -1.51. The molecule has 27 heavy (non-hydrogen) atoms. The van der Waals surface area contributed by atoms with Crippen LogP contribution in [0.25, 0.3) is 0 Å². The molecule has 0 aromatic heterocycles. The van der Waals surface area contributed by atoms with Crippen LogP contribution >= 0.6 is 12.2 Å². The van der Waals surface area contributed by atoms with Gasteiger partial charge in [-0.2, -0.15) is 0 Å². The highest BCUT2D eigenvalue weighted by Crippen LogP contribution is 2.60. The van der Waals surface area contributed by atoms with Crippen LogP contribution in [0.2, 0.25) is 0 Å². The molecule has 0 unspecified atom stereocenters. The van der Waals surface area contributed by atoms with Gasteiger partial charge in [0.05, 0.1) is 10.3 Å². The zero-order valence-electron chi connectivity index (χ0n) is 15.1. The average Bonchev–Trinajstić information content (AvgIpc) is 2.58. The van der Waals surface area contributed by atoms with E-state index in [0.717, 1.165) is 24.8 Å². The molecule has 8 heteroatoms. The molecule has 5 rings (SSSR count). The summed E-state index contributed by atoms with van der Waals surface area (Å²) in [7, 11) is -3.69. The second kappa shape index (κ2) is 6.83. The fourth-order valence-corrected chi connectivity index (χ4v) is 6.33. The van der Waals surface area contributed by atoms with Crippen molar-refractivity contribution in [3.05, 3.63) is 29.8 Å². The maximum Gasteiger partial charge on any atom is 0.238 e. The Morgan fingerprint density at radius 2 is 1.59 bits per heavy atom. The highest BCUT2D eigenvalue weighted by Gasteiger charge is 2.54. The number of rotatable bonds is 4. The van der Waals surface area contributed by atoms with Crippen LogP contribution in [0.5, 0.6) is 0 Å². The van der Waals surface area contributed by atoms with Gasteiger partial charge in [-0.3, -0.25) is 4.79 Å². The zero-order valence-corrected chi connectivity index (χ0v) is 16.7. The van der Waals surface area contributed by atoms with Crippen molar-refractivity contribution >= 4 is 33.3 Å². The van der Waals surface area contributed by atoms with E-state index in [1.165, 1.54) is 31.4 Å². The van der Waals surface area contributed by atoms with E-state index in [9.17, 15) is 13.2 Å². The number of thiocarbonyl (C=S) groups is 1. The van der Waals surface area contributed by atoms with Crippen LogP contribution in [-0.2, 0) is 21.4 Å². The summed E-state index contributed by atoms with van der Waals surface area (Å²) in [6.45, 7) is 0.408. The molecule has 0 saturated heterocycles. The molecule has 0 heterocycles. The van der Waals surface area contributed by atoms with Gasteiger partial charge in [0.2, 0.25) is 15.9 Å². The van der Waals surface area contributed by atoms with Gasteiger partial charge in [0.15, 0.2) is 5.11 Å². The maximum atomic E-state index is 13.0. The number of sulfonamides is 1. The van der Waals surface area contributed by atoms with Gasteiger partial charge >= 0.3 is 0 Å². The lowest BCUT2D eigenvalue weighted by molar-refractivity contribution is -0.144. The van der Waals surface area contributed by atoms with E-state index in [2.05, 4.69) is 10.6 Å². The van der Waals surface area contributed by atoms with E-state index in [1.54, 1.807) is 12.1 Å². The summed E-state index contributed by atoms with van der Waals surface area (Å²) < 4.78 is 22.6. The summed E-state index contributed by atoms with van der Waals surface area (Å²) in [5, 5.41) is 11.4. The predicted octanol–water partition coefficient (Wildman–Crippen LogP) is 2.04. The van der Waals surface area contributed by atoms with Crippen LogP contribution in [0.3, 0.4) is 0 Å². The minimum Gasteiger partial charge on any atom is -0.358 e. The molecule has 4 bridgehead atoms. The predicted molar refractivity (Wildman–Crippen MR) is 106 cm³/mol. The van der Waals surface area contributed by atoms with Crippen molar-refractivity contribution in [2.24, 2.45) is 28.3 Å². The highest BCUT2D eigenvalue weighted by molar-refractivity contribution is 7.89. The Bertz CT molecular complexity index is 829. The van der Waals surface area contributed by atoms with Gasteiger partial charge in [-0.05, 0) is 86.2 Å². The van der Waals surface area contributed by atoms with Crippen LogP contribution in [0.15, 0.2) is 29.2 Å². The van der Waals surface area contributed by atoms with Crippen molar-refractivity contribution in [1.29, 1.82) is 0 Å². The summed E-state index contributed by atoms with van der Waals surface area (Å²) in [6.07, 6.45) is 6.89. The van der Waals surface area contributed by atoms with Gasteiger partial charge in [-0.1, -0.05) is 12.1 Å². The van der Waals surface area contributed by atoms with Crippen LogP contribution in [0.1, 0.15) is 44.1 Å². The fourth-order valence-electron chi connectivity index (χ4n) is 5.65. The Morgan fingerprint density at radius 3 is 2.07 bits per heavy atom. The van der Waals surface area contributed by atoms with Crippen molar-refractivity contribution in [2.45, 2.75) is 50.0 Å². The van der Waals surface area contributed by atoms with Crippen LogP contribution in [-0.4, -0.2) is 19.4 Å². The summed E-state index contributed by atoms with van der Waals surface area (Å²) in [5.41, 5.74) is 0.631. The lowest BCUT2D eigenvalue weighted by Gasteiger charge is -2.55. The average molecular weight is 408 g/mol. The van der Waals surface area contributed by atoms with Crippen molar-refractivity contribution in [2.75, 3.05) is 0 Å². The smallest absolute Gasteiger partial charge is 0.238 e. The molecule has 4 aliphatic carbocycles. The molecular formula is C19H25N3O3S2. The number of benzene rings is 1. The molecular weight excluding hydrogens is 382 g/mol. The number of hydrogen-bond acceptors (Lipinski definition) is 4. The fraction of sp³-hybridized carbons (Fsp3) is 0.579. The van der Waals surface area contributed by atoms with E-state index >= 15 is 0 Å². The third-order valence-corrected chi connectivity index (χ3v) is 7.63. The molecule has 1 aromatic carbocycles. The Kier molecular flexibility index (Phi) is 4.76. The van der Waals surface area contributed by atoms with Crippen LogP contribution in [0, 0.1) is 23.2 Å². The Balaban J connectivity index is 1.32. The first-order valence-corrected chi connectivity index (χ1v) is 11.4. The molecule has 4 aliphatic rings. The summed E-state index contributed by atoms with van der Waals surface area (Å²) in [5.74, 6) is 2.20. The standard InChI is InChI=1S/C19H25N3O3S2/c20-27(24,25)16-3-1-12(2-4-16)11-21-18(26)22-17(23)19-8-13-5-14(9-19)7-15(6-13)10-19/h1-4,13-15H,5-11H2,(H2,20,24,25)(H2,21,22,23,26). The van der Waals surface area contributed by atoms with E-state index in [-0.39, 0.29) is 16.2 Å². The third-order valence-electron chi connectivity index (χ3n) is 6.45. The Labute approximate surface area is 165 Å². The lowest BCUT2D eigenvalue weighted by atomic mass is 9.49.